The van der Waals surface area contributed by atoms with Crippen molar-refractivity contribution in [1.82, 2.24) is 5.32 Å². The Balaban J connectivity index is 2.02. The molecule has 3 unspecified atom stereocenters. The Labute approximate surface area is 103 Å². The third-order valence-electron chi connectivity index (χ3n) is 4.01. The summed E-state index contributed by atoms with van der Waals surface area (Å²) in [5, 5.41) is 6.07. The minimum Gasteiger partial charge on any atom is -0.307 e. The number of hydrogen-bond acceptors (Lipinski definition) is 2. The molecule has 0 amide bonds. The number of rotatable bonds is 4. The summed E-state index contributed by atoms with van der Waals surface area (Å²) >= 11 is 1.93. The van der Waals surface area contributed by atoms with E-state index in [2.05, 4.69) is 37.5 Å². The smallest absolute Gasteiger partial charge is 0.0333 e. The molecule has 0 aliphatic heterocycles. The fourth-order valence-corrected chi connectivity index (χ4v) is 3.48. The fourth-order valence-electron chi connectivity index (χ4n) is 2.49. The summed E-state index contributed by atoms with van der Waals surface area (Å²) in [6.07, 6.45) is 5.21. The van der Waals surface area contributed by atoms with Gasteiger partial charge in [0.25, 0.3) is 0 Å². The predicted molar refractivity (Wildman–Crippen MR) is 72.1 cm³/mol. The van der Waals surface area contributed by atoms with Gasteiger partial charge in [-0.15, -0.1) is 11.3 Å². The molecular formula is C14H23NS. The molecule has 1 aliphatic rings. The van der Waals surface area contributed by atoms with Gasteiger partial charge < -0.3 is 5.32 Å². The van der Waals surface area contributed by atoms with E-state index in [4.69, 9.17) is 0 Å². The number of thiophene rings is 1. The summed E-state index contributed by atoms with van der Waals surface area (Å²) in [4.78, 5) is 1.61. The topological polar surface area (TPSA) is 12.0 Å². The molecule has 0 saturated carbocycles. The Bertz CT molecular complexity index is 331. The Morgan fingerprint density at radius 1 is 1.50 bits per heavy atom. The molecule has 0 bridgehead atoms. The van der Waals surface area contributed by atoms with Crippen molar-refractivity contribution < 1.29 is 0 Å². The molecule has 0 fully saturated rings. The second-order valence-corrected chi connectivity index (χ2v) is 6.09. The second-order valence-electron chi connectivity index (χ2n) is 5.08. The summed E-state index contributed by atoms with van der Waals surface area (Å²) in [6, 6.07) is 3.56. The molecule has 1 N–H and O–H groups in total. The van der Waals surface area contributed by atoms with E-state index in [0.717, 1.165) is 5.92 Å². The summed E-state index contributed by atoms with van der Waals surface area (Å²) in [7, 11) is 0. The standard InChI is InChI=1S/C14H23NS/c1-4-10(2)11(3)15-13-6-5-7-14-12(13)8-9-16-14/h8-11,13,15H,4-7H2,1-3H3. The molecule has 0 spiro atoms. The zero-order chi connectivity index (χ0) is 11.5. The maximum atomic E-state index is 3.82. The number of aryl methyl sites for hydroxylation is 1. The van der Waals surface area contributed by atoms with E-state index >= 15 is 0 Å². The van der Waals surface area contributed by atoms with Gasteiger partial charge in [0.05, 0.1) is 0 Å². The van der Waals surface area contributed by atoms with Gasteiger partial charge in [0.1, 0.15) is 0 Å². The van der Waals surface area contributed by atoms with Crippen LogP contribution in [-0.2, 0) is 6.42 Å². The maximum Gasteiger partial charge on any atom is 0.0333 e. The van der Waals surface area contributed by atoms with Gasteiger partial charge in [-0.3, -0.25) is 0 Å². The Morgan fingerprint density at radius 3 is 3.06 bits per heavy atom. The summed E-state index contributed by atoms with van der Waals surface area (Å²) in [6.45, 7) is 6.95. The molecule has 2 heteroatoms. The normalized spacial score (nSPS) is 23.8. The van der Waals surface area contributed by atoms with Crippen LogP contribution in [0.5, 0.6) is 0 Å². The van der Waals surface area contributed by atoms with Crippen molar-refractivity contribution in [1.29, 1.82) is 0 Å². The number of fused-ring (bicyclic) bond motifs is 1. The maximum absolute atomic E-state index is 3.82. The zero-order valence-corrected chi connectivity index (χ0v) is 11.4. The zero-order valence-electron chi connectivity index (χ0n) is 10.6. The van der Waals surface area contributed by atoms with E-state index in [-0.39, 0.29) is 0 Å². The Kier molecular flexibility index (Phi) is 4.04. The Hall–Kier alpha value is -0.340. The van der Waals surface area contributed by atoms with Crippen molar-refractivity contribution >= 4 is 11.3 Å². The van der Waals surface area contributed by atoms with Crippen LogP contribution in [0.25, 0.3) is 0 Å². The van der Waals surface area contributed by atoms with E-state index < -0.39 is 0 Å². The van der Waals surface area contributed by atoms with Gasteiger partial charge in [0, 0.05) is 17.0 Å². The van der Waals surface area contributed by atoms with Crippen molar-refractivity contribution in [2.45, 2.75) is 58.5 Å². The van der Waals surface area contributed by atoms with Crippen molar-refractivity contribution in [3.8, 4) is 0 Å². The first kappa shape index (κ1) is 12.1. The number of nitrogens with one attached hydrogen (secondary N) is 1. The quantitative estimate of drug-likeness (QED) is 0.829. The molecule has 3 atom stereocenters. The largest absolute Gasteiger partial charge is 0.307 e. The van der Waals surface area contributed by atoms with Gasteiger partial charge in [0.15, 0.2) is 0 Å². The molecule has 90 valence electrons. The van der Waals surface area contributed by atoms with Crippen LogP contribution in [0.1, 0.15) is 56.5 Å². The first-order chi connectivity index (χ1) is 7.72. The van der Waals surface area contributed by atoms with Gasteiger partial charge in [0.2, 0.25) is 0 Å². The van der Waals surface area contributed by atoms with E-state index in [1.807, 2.05) is 11.3 Å². The fraction of sp³-hybridized carbons (Fsp3) is 0.714. The Morgan fingerprint density at radius 2 is 2.31 bits per heavy atom. The molecule has 1 nitrogen and oxygen atoms in total. The van der Waals surface area contributed by atoms with Crippen LogP contribution in [0.15, 0.2) is 11.4 Å². The lowest BCUT2D eigenvalue weighted by Crippen LogP contribution is -2.36. The average Bonchev–Trinajstić information content (AvgIpc) is 2.77. The van der Waals surface area contributed by atoms with Gasteiger partial charge in [-0.1, -0.05) is 20.3 Å². The molecule has 1 aliphatic carbocycles. The van der Waals surface area contributed by atoms with Crippen LogP contribution in [0, 0.1) is 5.92 Å². The molecule has 0 saturated heterocycles. The summed E-state index contributed by atoms with van der Waals surface area (Å²) < 4.78 is 0. The molecule has 0 radical (unpaired) electrons. The number of hydrogen-bond donors (Lipinski definition) is 1. The van der Waals surface area contributed by atoms with Crippen LogP contribution >= 0.6 is 11.3 Å². The van der Waals surface area contributed by atoms with E-state index in [1.54, 1.807) is 10.4 Å². The van der Waals surface area contributed by atoms with E-state index in [1.165, 1.54) is 25.7 Å². The van der Waals surface area contributed by atoms with E-state index in [9.17, 15) is 0 Å². The molecule has 1 aromatic rings. The van der Waals surface area contributed by atoms with Crippen molar-refractivity contribution in [2.24, 2.45) is 5.92 Å². The van der Waals surface area contributed by atoms with Crippen molar-refractivity contribution in [3.63, 3.8) is 0 Å². The van der Waals surface area contributed by atoms with Crippen LogP contribution < -0.4 is 5.32 Å². The van der Waals surface area contributed by atoms with Gasteiger partial charge in [-0.2, -0.15) is 0 Å². The highest BCUT2D eigenvalue weighted by Crippen LogP contribution is 2.33. The summed E-state index contributed by atoms with van der Waals surface area (Å²) in [5.74, 6) is 0.768. The monoisotopic (exact) mass is 237 g/mol. The molecular weight excluding hydrogens is 214 g/mol. The molecule has 1 aromatic heterocycles. The highest BCUT2D eigenvalue weighted by molar-refractivity contribution is 7.10. The molecule has 16 heavy (non-hydrogen) atoms. The van der Waals surface area contributed by atoms with Crippen LogP contribution in [0.2, 0.25) is 0 Å². The third kappa shape index (κ3) is 2.49. The lowest BCUT2D eigenvalue weighted by Gasteiger charge is -2.29. The first-order valence-electron chi connectivity index (χ1n) is 6.54. The van der Waals surface area contributed by atoms with Gasteiger partial charge in [-0.25, -0.2) is 0 Å². The van der Waals surface area contributed by atoms with Gasteiger partial charge >= 0.3 is 0 Å². The minimum absolute atomic E-state index is 0.610. The SMILES string of the molecule is CCC(C)C(C)NC1CCCc2sccc21. The predicted octanol–water partition coefficient (Wildman–Crippen LogP) is 4.15. The van der Waals surface area contributed by atoms with Crippen LogP contribution in [0.3, 0.4) is 0 Å². The molecule has 0 aromatic carbocycles. The highest BCUT2D eigenvalue weighted by Gasteiger charge is 2.23. The van der Waals surface area contributed by atoms with Crippen LogP contribution in [0.4, 0.5) is 0 Å². The summed E-state index contributed by atoms with van der Waals surface area (Å²) in [5.41, 5.74) is 1.58. The third-order valence-corrected chi connectivity index (χ3v) is 5.01. The average molecular weight is 237 g/mol. The van der Waals surface area contributed by atoms with Crippen molar-refractivity contribution in [3.05, 3.63) is 21.9 Å². The second kappa shape index (κ2) is 5.33. The minimum atomic E-state index is 0.610. The lowest BCUT2D eigenvalue weighted by atomic mass is 9.91. The van der Waals surface area contributed by atoms with E-state index in [0.29, 0.717) is 12.1 Å². The van der Waals surface area contributed by atoms with Gasteiger partial charge in [-0.05, 0) is 49.1 Å². The molecule has 1 heterocycles. The van der Waals surface area contributed by atoms with Crippen LogP contribution in [-0.4, -0.2) is 6.04 Å². The first-order valence-corrected chi connectivity index (χ1v) is 7.42. The molecule has 2 rings (SSSR count). The lowest BCUT2D eigenvalue weighted by molar-refractivity contribution is 0.331. The van der Waals surface area contributed by atoms with Crippen molar-refractivity contribution in [2.75, 3.05) is 0 Å². The highest BCUT2D eigenvalue weighted by atomic mass is 32.1.